The third-order valence-electron chi connectivity index (χ3n) is 4.87. The van der Waals surface area contributed by atoms with Crippen molar-refractivity contribution < 1.29 is 14.3 Å². The van der Waals surface area contributed by atoms with Gasteiger partial charge in [0, 0.05) is 42.8 Å². The van der Waals surface area contributed by atoms with Crippen LogP contribution in [0.5, 0.6) is 5.75 Å². The number of urea groups is 1. The first-order valence-corrected chi connectivity index (χ1v) is 8.64. The number of carbonyl (C=O) groups excluding carboxylic acids is 2. The molecule has 3 N–H and O–H groups in total. The molecule has 3 rings (SSSR count). The van der Waals surface area contributed by atoms with Gasteiger partial charge >= 0.3 is 6.03 Å². The van der Waals surface area contributed by atoms with Crippen LogP contribution in [0, 0.1) is 0 Å². The Labute approximate surface area is 152 Å². The molecule has 0 radical (unpaired) electrons. The van der Waals surface area contributed by atoms with Crippen LogP contribution in [0.3, 0.4) is 0 Å². The van der Waals surface area contributed by atoms with Gasteiger partial charge in [0.2, 0.25) is 5.91 Å². The predicted octanol–water partition coefficient (Wildman–Crippen LogP) is 2.11. The number of fused-ring (bicyclic) bond motifs is 1. The van der Waals surface area contributed by atoms with Crippen molar-refractivity contribution in [1.82, 2.24) is 20.5 Å². The standard InChI is InChI=1S/C19H24N4O3/c1-12(18(24)22-19(25)20-2)23-8-6-13(7-9-23)16-11-21-17-5-4-14(26-3)10-15(16)17/h4-6,10-12,21H,7-9H2,1-3H3,(H2,20,22,24,25)/t12-/m1/s1. The van der Waals surface area contributed by atoms with E-state index in [1.165, 1.54) is 18.2 Å². The van der Waals surface area contributed by atoms with Crippen molar-refractivity contribution in [2.75, 3.05) is 27.2 Å². The van der Waals surface area contributed by atoms with E-state index in [4.69, 9.17) is 4.74 Å². The van der Waals surface area contributed by atoms with Crippen LogP contribution in [0.25, 0.3) is 16.5 Å². The number of carbonyl (C=O) groups is 2. The molecule has 26 heavy (non-hydrogen) atoms. The van der Waals surface area contributed by atoms with E-state index in [-0.39, 0.29) is 11.9 Å². The quantitative estimate of drug-likeness (QED) is 0.783. The zero-order valence-corrected chi connectivity index (χ0v) is 15.3. The number of imide groups is 1. The lowest BCUT2D eigenvalue weighted by Crippen LogP contribution is -2.50. The number of amides is 3. The second-order valence-corrected chi connectivity index (χ2v) is 6.33. The fraction of sp³-hybridized carbons (Fsp3) is 0.368. The van der Waals surface area contributed by atoms with Crippen molar-refractivity contribution in [3.63, 3.8) is 0 Å². The minimum atomic E-state index is -0.483. The molecule has 1 aliphatic rings. The van der Waals surface area contributed by atoms with Gasteiger partial charge in [0.1, 0.15) is 5.75 Å². The summed E-state index contributed by atoms with van der Waals surface area (Å²) in [6, 6.07) is 5.13. The molecule has 2 aromatic rings. The third kappa shape index (κ3) is 3.57. The van der Waals surface area contributed by atoms with Crippen LogP contribution >= 0.6 is 0 Å². The van der Waals surface area contributed by atoms with Crippen LogP contribution < -0.4 is 15.4 Å². The first-order valence-electron chi connectivity index (χ1n) is 8.64. The third-order valence-corrected chi connectivity index (χ3v) is 4.87. The Balaban J connectivity index is 1.73. The summed E-state index contributed by atoms with van der Waals surface area (Å²) in [4.78, 5) is 28.8. The lowest BCUT2D eigenvalue weighted by molar-refractivity contribution is -0.124. The van der Waals surface area contributed by atoms with Gasteiger partial charge in [-0.25, -0.2) is 4.79 Å². The van der Waals surface area contributed by atoms with Gasteiger partial charge in [-0.05, 0) is 37.1 Å². The minimum absolute atomic E-state index is 0.293. The highest BCUT2D eigenvalue weighted by atomic mass is 16.5. The minimum Gasteiger partial charge on any atom is -0.497 e. The Morgan fingerprint density at radius 2 is 2.15 bits per heavy atom. The molecule has 0 aliphatic carbocycles. The van der Waals surface area contributed by atoms with E-state index in [9.17, 15) is 9.59 Å². The second-order valence-electron chi connectivity index (χ2n) is 6.33. The van der Waals surface area contributed by atoms with Gasteiger partial charge in [0.05, 0.1) is 13.2 Å². The van der Waals surface area contributed by atoms with Gasteiger partial charge < -0.3 is 15.0 Å². The Hall–Kier alpha value is -2.80. The molecular weight excluding hydrogens is 332 g/mol. The molecule has 1 aliphatic heterocycles. The highest BCUT2D eigenvalue weighted by molar-refractivity contribution is 5.97. The lowest BCUT2D eigenvalue weighted by Gasteiger charge is -2.30. The van der Waals surface area contributed by atoms with Crippen molar-refractivity contribution in [3.05, 3.63) is 36.0 Å². The van der Waals surface area contributed by atoms with Gasteiger partial charge in [-0.2, -0.15) is 0 Å². The number of methoxy groups -OCH3 is 1. The molecular formula is C19H24N4O3. The molecule has 1 aromatic heterocycles. The van der Waals surface area contributed by atoms with Crippen molar-refractivity contribution >= 4 is 28.4 Å². The average Bonchev–Trinajstić information content (AvgIpc) is 3.10. The number of H-pyrrole nitrogens is 1. The van der Waals surface area contributed by atoms with E-state index >= 15 is 0 Å². The lowest BCUT2D eigenvalue weighted by atomic mass is 9.98. The van der Waals surface area contributed by atoms with Gasteiger partial charge in [0.25, 0.3) is 0 Å². The Morgan fingerprint density at radius 1 is 1.35 bits per heavy atom. The molecule has 7 heteroatoms. The van der Waals surface area contributed by atoms with Crippen LogP contribution in [-0.2, 0) is 4.79 Å². The zero-order valence-electron chi connectivity index (χ0n) is 15.3. The van der Waals surface area contributed by atoms with Gasteiger partial charge in [-0.1, -0.05) is 6.08 Å². The molecule has 0 fully saturated rings. The Morgan fingerprint density at radius 3 is 2.81 bits per heavy atom. The number of nitrogens with zero attached hydrogens (tertiary/aromatic N) is 1. The Kier molecular flexibility index (Phi) is 5.27. The molecule has 3 amide bonds. The van der Waals surface area contributed by atoms with E-state index < -0.39 is 6.03 Å². The van der Waals surface area contributed by atoms with Gasteiger partial charge in [-0.15, -0.1) is 0 Å². The van der Waals surface area contributed by atoms with Gasteiger partial charge in [0.15, 0.2) is 0 Å². The Bertz CT molecular complexity index is 856. The van der Waals surface area contributed by atoms with Gasteiger partial charge in [-0.3, -0.25) is 15.0 Å². The van der Waals surface area contributed by atoms with Crippen molar-refractivity contribution in [2.45, 2.75) is 19.4 Å². The summed E-state index contributed by atoms with van der Waals surface area (Å²) in [6.45, 7) is 3.23. The first-order chi connectivity index (χ1) is 12.5. The molecule has 0 saturated carbocycles. The van der Waals surface area contributed by atoms with Crippen LogP contribution in [0.15, 0.2) is 30.5 Å². The van der Waals surface area contributed by atoms with Crippen molar-refractivity contribution in [3.8, 4) is 5.75 Å². The summed E-state index contributed by atoms with van der Waals surface area (Å²) in [5.41, 5.74) is 3.49. The number of aromatic nitrogens is 1. The summed E-state index contributed by atoms with van der Waals surface area (Å²) in [5, 5.41) is 5.86. The van der Waals surface area contributed by atoms with E-state index in [0.717, 1.165) is 29.6 Å². The number of hydrogen-bond acceptors (Lipinski definition) is 4. The molecule has 2 heterocycles. The number of nitrogens with one attached hydrogen (secondary N) is 3. The molecule has 0 unspecified atom stereocenters. The molecule has 138 valence electrons. The maximum atomic E-state index is 12.1. The largest absolute Gasteiger partial charge is 0.497 e. The van der Waals surface area contributed by atoms with E-state index in [2.05, 4.69) is 26.6 Å². The molecule has 7 nitrogen and oxygen atoms in total. The maximum absolute atomic E-state index is 12.1. The van der Waals surface area contributed by atoms with E-state index in [1.807, 2.05) is 31.3 Å². The van der Waals surface area contributed by atoms with Crippen LogP contribution in [0.4, 0.5) is 4.79 Å². The average molecular weight is 356 g/mol. The monoisotopic (exact) mass is 356 g/mol. The second kappa shape index (κ2) is 7.61. The smallest absolute Gasteiger partial charge is 0.321 e. The summed E-state index contributed by atoms with van der Waals surface area (Å²) in [7, 11) is 3.15. The normalized spacial score (nSPS) is 16.0. The van der Waals surface area contributed by atoms with Crippen molar-refractivity contribution in [1.29, 1.82) is 0 Å². The number of ether oxygens (including phenoxy) is 1. The van der Waals surface area contributed by atoms with E-state index in [0.29, 0.717) is 6.54 Å². The molecule has 0 saturated heterocycles. The number of rotatable bonds is 4. The van der Waals surface area contributed by atoms with Crippen molar-refractivity contribution in [2.24, 2.45) is 0 Å². The molecule has 0 bridgehead atoms. The highest BCUT2D eigenvalue weighted by Gasteiger charge is 2.25. The topological polar surface area (TPSA) is 86.5 Å². The van der Waals surface area contributed by atoms with E-state index in [1.54, 1.807) is 7.11 Å². The van der Waals surface area contributed by atoms with Crippen LogP contribution in [0.2, 0.25) is 0 Å². The summed E-state index contributed by atoms with van der Waals surface area (Å²) in [5.74, 6) is 0.536. The molecule has 1 aromatic carbocycles. The molecule has 1 atom stereocenters. The summed E-state index contributed by atoms with van der Waals surface area (Å²) >= 11 is 0. The number of hydrogen-bond donors (Lipinski definition) is 3. The SMILES string of the molecule is CNC(=O)NC(=O)[C@@H](C)N1CC=C(c2c[nH]c3ccc(OC)cc23)CC1. The number of aromatic amines is 1. The summed E-state index contributed by atoms with van der Waals surface area (Å²) < 4.78 is 5.33. The van der Waals surface area contributed by atoms with Crippen LogP contribution in [0.1, 0.15) is 18.9 Å². The predicted molar refractivity (Wildman–Crippen MR) is 101 cm³/mol. The summed E-state index contributed by atoms with van der Waals surface area (Å²) in [6.07, 6.45) is 5.00. The van der Waals surface area contributed by atoms with Crippen LogP contribution in [-0.4, -0.2) is 55.1 Å². The fourth-order valence-corrected chi connectivity index (χ4v) is 3.22. The molecule has 0 spiro atoms. The zero-order chi connectivity index (χ0) is 18.7. The first kappa shape index (κ1) is 18.0. The highest BCUT2D eigenvalue weighted by Crippen LogP contribution is 2.31. The maximum Gasteiger partial charge on any atom is 0.321 e. The fourth-order valence-electron chi connectivity index (χ4n) is 3.22. The number of benzene rings is 1.